The van der Waals surface area contributed by atoms with Crippen molar-refractivity contribution >= 4 is 5.91 Å². The summed E-state index contributed by atoms with van der Waals surface area (Å²) in [6, 6.07) is 6.03. The van der Waals surface area contributed by atoms with E-state index in [1.165, 1.54) is 12.1 Å². The summed E-state index contributed by atoms with van der Waals surface area (Å²) in [5.74, 6) is 0.160. The second-order valence-corrected chi connectivity index (χ2v) is 6.08. The number of aromatic nitrogens is 4. The van der Waals surface area contributed by atoms with Crippen molar-refractivity contribution in [2.75, 3.05) is 13.6 Å². The lowest BCUT2D eigenvalue weighted by Crippen LogP contribution is -2.31. The van der Waals surface area contributed by atoms with Crippen LogP contribution in [0.3, 0.4) is 0 Å². The van der Waals surface area contributed by atoms with Crippen molar-refractivity contribution in [2.24, 2.45) is 0 Å². The maximum atomic E-state index is 13.3. The molecule has 1 aliphatic heterocycles. The van der Waals surface area contributed by atoms with E-state index in [0.29, 0.717) is 30.2 Å². The van der Waals surface area contributed by atoms with Crippen LogP contribution in [0, 0.1) is 5.82 Å². The Morgan fingerprint density at radius 2 is 2.31 bits per heavy atom. The molecule has 26 heavy (non-hydrogen) atoms. The van der Waals surface area contributed by atoms with Crippen LogP contribution >= 0.6 is 0 Å². The molecule has 2 aromatic heterocycles. The lowest BCUT2D eigenvalue weighted by Gasteiger charge is -2.25. The number of H-pyrrole nitrogens is 1. The Morgan fingerprint density at radius 3 is 3.12 bits per heavy atom. The van der Waals surface area contributed by atoms with E-state index >= 15 is 0 Å². The summed E-state index contributed by atoms with van der Waals surface area (Å²) in [5, 5.41) is 17.7. The first-order valence-electron chi connectivity index (χ1n) is 8.23. The molecule has 0 saturated carbocycles. The minimum Gasteiger partial charge on any atom is -0.419 e. The molecule has 0 atom stereocenters. The third-order valence-electron chi connectivity index (χ3n) is 4.35. The predicted octanol–water partition coefficient (Wildman–Crippen LogP) is 1.52. The van der Waals surface area contributed by atoms with Gasteiger partial charge in [-0.3, -0.25) is 14.8 Å². The fraction of sp³-hybridized carbons (Fsp3) is 0.294. The van der Waals surface area contributed by atoms with E-state index < -0.39 is 0 Å². The SMILES string of the molecule is CNC(=O)c1n[nH]c2c1CN(Cc1nnc(-c3cccc(F)c3)o1)CC2. The molecule has 1 aliphatic rings. The van der Waals surface area contributed by atoms with Crippen LogP contribution in [0.2, 0.25) is 0 Å². The van der Waals surface area contributed by atoms with E-state index in [1.807, 2.05) is 0 Å². The molecule has 1 amide bonds. The zero-order chi connectivity index (χ0) is 18.1. The summed E-state index contributed by atoms with van der Waals surface area (Å²) in [5.41, 5.74) is 2.82. The van der Waals surface area contributed by atoms with Gasteiger partial charge >= 0.3 is 0 Å². The van der Waals surface area contributed by atoms with Gasteiger partial charge in [-0.1, -0.05) is 6.07 Å². The zero-order valence-corrected chi connectivity index (χ0v) is 14.1. The molecular weight excluding hydrogens is 339 g/mol. The van der Waals surface area contributed by atoms with Crippen LogP contribution in [0.4, 0.5) is 4.39 Å². The maximum absolute atomic E-state index is 13.3. The highest BCUT2D eigenvalue weighted by Crippen LogP contribution is 2.23. The van der Waals surface area contributed by atoms with Gasteiger partial charge in [-0.15, -0.1) is 10.2 Å². The third kappa shape index (κ3) is 3.08. The molecule has 0 aliphatic carbocycles. The largest absolute Gasteiger partial charge is 0.419 e. The predicted molar refractivity (Wildman–Crippen MR) is 89.5 cm³/mol. The molecule has 0 unspecified atom stereocenters. The van der Waals surface area contributed by atoms with Gasteiger partial charge in [0.2, 0.25) is 11.8 Å². The highest BCUT2D eigenvalue weighted by molar-refractivity contribution is 5.93. The highest BCUT2D eigenvalue weighted by Gasteiger charge is 2.26. The van der Waals surface area contributed by atoms with E-state index in [9.17, 15) is 9.18 Å². The zero-order valence-electron chi connectivity index (χ0n) is 14.1. The van der Waals surface area contributed by atoms with Crippen molar-refractivity contribution in [3.8, 4) is 11.5 Å². The lowest BCUT2D eigenvalue weighted by atomic mass is 10.1. The van der Waals surface area contributed by atoms with E-state index in [1.54, 1.807) is 19.2 Å². The van der Waals surface area contributed by atoms with Crippen LogP contribution in [0.15, 0.2) is 28.7 Å². The minimum atomic E-state index is -0.354. The fourth-order valence-corrected chi connectivity index (χ4v) is 3.04. The molecule has 3 aromatic rings. The second-order valence-electron chi connectivity index (χ2n) is 6.08. The van der Waals surface area contributed by atoms with Gasteiger partial charge in [-0.25, -0.2) is 4.39 Å². The van der Waals surface area contributed by atoms with Gasteiger partial charge in [0.15, 0.2) is 5.69 Å². The summed E-state index contributed by atoms with van der Waals surface area (Å²) >= 11 is 0. The quantitative estimate of drug-likeness (QED) is 0.735. The number of amides is 1. The first kappa shape index (κ1) is 16.4. The van der Waals surface area contributed by atoms with Crippen LogP contribution in [-0.4, -0.2) is 44.8 Å². The molecule has 0 spiro atoms. The third-order valence-corrected chi connectivity index (χ3v) is 4.35. The van der Waals surface area contributed by atoms with Gasteiger partial charge in [0.05, 0.1) is 6.54 Å². The molecule has 9 heteroatoms. The molecule has 0 fully saturated rings. The number of halogens is 1. The van der Waals surface area contributed by atoms with E-state index in [2.05, 4.69) is 30.6 Å². The molecule has 2 N–H and O–H groups in total. The molecule has 0 bridgehead atoms. The number of hydrogen-bond acceptors (Lipinski definition) is 6. The van der Waals surface area contributed by atoms with E-state index in [4.69, 9.17) is 4.42 Å². The average molecular weight is 356 g/mol. The first-order valence-corrected chi connectivity index (χ1v) is 8.23. The van der Waals surface area contributed by atoms with Gasteiger partial charge in [0, 0.05) is 43.4 Å². The Hall–Kier alpha value is -3.07. The first-order chi connectivity index (χ1) is 12.6. The topological polar surface area (TPSA) is 99.9 Å². The summed E-state index contributed by atoms with van der Waals surface area (Å²) in [6.45, 7) is 1.78. The number of fused-ring (bicyclic) bond motifs is 1. The van der Waals surface area contributed by atoms with Crippen molar-refractivity contribution in [2.45, 2.75) is 19.5 Å². The number of nitrogens with one attached hydrogen (secondary N) is 2. The van der Waals surface area contributed by atoms with Crippen LogP contribution in [0.5, 0.6) is 0 Å². The lowest BCUT2D eigenvalue weighted by molar-refractivity contribution is 0.0955. The van der Waals surface area contributed by atoms with E-state index in [0.717, 1.165) is 24.2 Å². The molecule has 134 valence electrons. The normalized spacial score (nSPS) is 14.2. The highest BCUT2D eigenvalue weighted by atomic mass is 19.1. The number of carbonyl (C=O) groups is 1. The Bertz CT molecular complexity index is 950. The van der Waals surface area contributed by atoms with Crippen molar-refractivity contribution in [1.29, 1.82) is 0 Å². The summed E-state index contributed by atoms with van der Waals surface area (Å²) < 4.78 is 19.0. The number of carbonyl (C=O) groups excluding carboxylic acids is 1. The molecule has 4 rings (SSSR count). The van der Waals surface area contributed by atoms with Crippen LogP contribution < -0.4 is 5.32 Å². The summed E-state index contributed by atoms with van der Waals surface area (Å²) in [4.78, 5) is 14.0. The monoisotopic (exact) mass is 356 g/mol. The van der Waals surface area contributed by atoms with Crippen LogP contribution in [0.25, 0.3) is 11.5 Å². The second kappa shape index (κ2) is 6.68. The Morgan fingerprint density at radius 1 is 1.42 bits per heavy atom. The Labute approximate surface area is 148 Å². The smallest absolute Gasteiger partial charge is 0.271 e. The molecule has 3 heterocycles. The van der Waals surface area contributed by atoms with Gasteiger partial charge in [0.25, 0.3) is 5.91 Å². The molecular formula is C17H17FN6O2. The van der Waals surface area contributed by atoms with Gasteiger partial charge in [-0.2, -0.15) is 5.10 Å². The summed E-state index contributed by atoms with van der Waals surface area (Å²) in [7, 11) is 1.58. The number of benzene rings is 1. The fourth-order valence-electron chi connectivity index (χ4n) is 3.04. The average Bonchev–Trinajstić information content (AvgIpc) is 3.28. The number of rotatable bonds is 4. The van der Waals surface area contributed by atoms with Gasteiger partial charge < -0.3 is 9.73 Å². The summed E-state index contributed by atoms with van der Waals surface area (Å²) in [6.07, 6.45) is 0.754. The number of aromatic amines is 1. The van der Waals surface area contributed by atoms with Crippen molar-refractivity contribution in [3.05, 3.63) is 52.9 Å². The molecule has 0 saturated heterocycles. The number of hydrogen-bond donors (Lipinski definition) is 2. The number of nitrogens with zero attached hydrogens (tertiary/aromatic N) is 4. The van der Waals surface area contributed by atoms with E-state index in [-0.39, 0.29) is 17.6 Å². The van der Waals surface area contributed by atoms with Gasteiger partial charge in [0.1, 0.15) is 5.82 Å². The maximum Gasteiger partial charge on any atom is 0.271 e. The molecule has 0 radical (unpaired) electrons. The standard InChI is InChI=1S/C17H17FN6O2/c1-19-16(25)15-12-8-24(6-5-13(12)20-22-15)9-14-21-23-17(26-14)10-3-2-4-11(18)7-10/h2-4,7H,5-6,8-9H2,1H3,(H,19,25)(H,20,22). The Kier molecular flexibility index (Phi) is 4.21. The van der Waals surface area contributed by atoms with Crippen molar-refractivity contribution < 1.29 is 13.6 Å². The Balaban J connectivity index is 1.49. The van der Waals surface area contributed by atoms with Crippen LogP contribution in [-0.2, 0) is 19.5 Å². The molecule has 8 nitrogen and oxygen atoms in total. The van der Waals surface area contributed by atoms with Crippen molar-refractivity contribution in [3.63, 3.8) is 0 Å². The minimum absolute atomic E-state index is 0.212. The van der Waals surface area contributed by atoms with Gasteiger partial charge in [-0.05, 0) is 18.2 Å². The molecule has 1 aromatic carbocycles. The van der Waals surface area contributed by atoms with Crippen LogP contribution in [0.1, 0.15) is 27.6 Å². The van der Waals surface area contributed by atoms with Crippen molar-refractivity contribution in [1.82, 2.24) is 30.6 Å².